The van der Waals surface area contributed by atoms with Gasteiger partial charge in [0, 0.05) is 17.1 Å². The number of nitrogens with zero attached hydrogens (tertiary/aromatic N) is 1. The summed E-state index contributed by atoms with van der Waals surface area (Å²) in [6.07, 6.45) is 1.32. The molecule has 24 heavy (non-hydrogen) atoms. The number of aromatic nitrogens is 1. The van der Waals surface area contributed by atoms with E-state index in [0.717, 1.165) is 0 Å². The highest BCUT2D eigenvalue weighted by atomic mass is 16.2. The Morgan fingerprint density at radius 1 is 1.29 bits per heavy atom. The molecule has 7 heteroatoms. The minimum absolute atomic E-state index is 0.0435. The van der Waals surface area contributed by atoms with E-state index >= 15 is 0 Å². The van der Waals surface area contributed by atoms with Crippen LogP contribution in [0.25, 0.3) is 10.9 Å². The van der Waals surface area contributed by atoms with Crippen LogP contribution in [-0.4, -0.2) is 29.4 Å². The van der Waals surface area contributed by atoms with Crippen molar-refractivity contribution in [2.45, 2.75) is 19.9 Å². The van der Waals surface area contributed by atoms with Crippen molar-refractivity contribution in [2.75, 3.05) is 6.54 Å². The monoisotopic (exact) mass is 326 g/mol. The number of amides is 2. The Balaban J connectivity index is 2.06. The summed E-state index contributed by atoms with van der Waals surface area (Å²) in [6.45, 7) is 3.30. The molecular weight excluding hydrogens is 308 g/mol. The molecule has 1 atom stereocenters. The first-order chi connectivity index (χ1) is 11.4. The predicted molar refractivity (Wildman–Crippen MR) is 89.3 cm³/mol. The molecule has 0 unspecified atom stereocenters. The fourth-order valence-corrected chi connectivity index (χ4v) is 2.16. The number of carbonyl (C=O) groups is 2. The number of hydrogen-bond acceptors (Lipinski definition) is 4. The van der Waals surface area contributed by atoms with Crippen molar-refractivity contribution in [1.29, 1.82) is 5.26 Å². The molecule has 2 rings (SSSR count). The molecular formula is C17H18N4O3. The second-order valence-corrected chi connectivity index (χ2v) is 5.68. The third-order valence-corrected chi connectivity index (χ3v) is 3.56. The maximum atomic E-state index is 12.3. The van der Waals surface area contributed by atoms with E-state index < -0.39 is 23.3 Å². The Labute approximate surface area is 138 Å². The zero-order valence-corrected chi connectivity index (χ0v) is 13.4. The molecule has 124 valence electrons. The lowest BCUT2D eigenvalue weighted by molar-refractivity contribution is -0.120. The number of nitrogens with one attached hydrogen (secondary N) is 3. The number of benzene rings is 1. The number of nitriles is 1. The molecule has 0 bridgehead atoms. The van der Waals surface area contributed by atoms with Gasteiger partial charge in [0.05, 0.1) is 12.6 Å². The molecule has 7 nitrogen and oxygen atoms in total. The van der Waals surface area contributed by atoms with Crippen LogP contribution in [0, 0.1) is 17.2 Å². The predicted octanol–water partition coefficient (Wildman–Crippen LogP) is 0.922. The summed E-state index contributed by atoms with van der Waals surface area (Å²) in [5.74, 6) is -1.17. The number of carbonyl (C=O) groups excluding carboxylic acids is 2. The van der Waals surface area contributed by atoms with E-state index in [4.69, 9.17) is 5.26 Å². The molecule has 1 aromatic heterocycles. The molecule has 0 radical (unpaired) electrons. The SMILES string of the molecule is CC(C)[C@@H](C#N)NC(=O)CNC(=O)c1c[nH]c2ccccc2c1=O. The molecule has 2 aromatic rings. The second-order valence-electron chi connectivity index (χ2n) is 5.68. The van der Waals surface area contributed by atoms with E-state index in [1.807, 2.05) is 6.07 Å². The smallest absolute Gasteiger partial charge is 0.257 e. The zero-order chi connectivity index (χ0) is 17.7. The highest BCUT2D eigenvalue weighted by Crippen LogP contribution is 2.06. The molecule has 0 fully saturated rings. The molecule has 0 aliphatic heterocycles. The van der Waals surface area contributed by atoms with Gasteiger partial charge < -0.3 is 15.6 Å². The average Bonchev–Trinajstić information content (AvgIpc) is 2.57. The van der Waals surface area contributed by atoms with Gasteiger partial charge in [-0.1, -0.05) is 26.0 Å². The fourth-order valence-electron chi connectivity index (χ4n) is 2.16. The summed E-state index contributed by atoms with van der Waals surface area (Å²) < 4.78 is 0. The molecule has 0 aliphatic rings. The van der Waals surface area contributed by atoms with Crippen LogP contribution in [0.5, 0.6) is 0 Å². The van der Waals surface area contributed by atoms with Crippen LogP contribution in [0.1, 0.15) is 24.2 Å². The first kappa shape index (κ1) is 17.2. The summed E-state index contributed by atoms with van der Waals surface area (Å²) in [4.78, 5) is 39.1. The Morgan fingerprint density at radius 3 is 2.67 bits per heavy atom. The van der Waals surface area contributed by atoms with Crippen LogP contribution in [0.4, 0.5) is 0 Å². The molecule has 0 aliphatic carbocycles. The van der Waals surface area contributed by atoms with Gasteiger partial charge in [0.1, 0.15) is 11.6 Å². The van der Waals surface area contributed by atoms with E-state index in [1.54, 1.807) is 38.1 Å². The molecule has 0 saturated carbocycles. The van der Waals surface area contributed by atoms with Gasteiger partial charge >= 0.3 is 0 Å². The normalized spacial score (nSPS) is 11.8. The third kappa shape index (κ3) is 3.79. The van der Waals surface area contributed by atoms with Crippen LogP contribution in [0.15, 0.2) is 35.3 Å². The van der Waals surface area contributed by atoms with Gasteiger partial charge in [-0.2, -0.15) is 5.26 Å². The quantitative estimate of drug-likeness (QED) is 0.758. The van der Waals surface area contributed by atoms with Gasteiger partial charge in [0.2, 0.25) is 11.3 Å². The first-order valence-electron chi connectivity index (χ1n) is 7.51. The van der Waals surface area contributed by atoms with Crippen LogP contribution in [0.2, 0.25) is 0 Å². The highest BCUT2D eigenvalue weighted by molar-refractivity contribution is 5.98. The lowest BCUT2D eigenvalue weighted by Crippen LogP contribution is -2.44. The number of hydrogen-bond donors (Lipinski definition) is 3. The number of pyridine rings is 1. The van der Waals surface area contributed by atoms with Crippen molar-refractivity contribution in [2.24, 2.45) is 5.92 Å². The standard InChI is InChI=1S/C17H18N4O3/c1-10(2)14(7-18)21-15(22)9-20-17(24)12-8-19-13-6-4-3-5-11(13)16(12)23/h3-6,8,10,14H,9H2,1-2H3,(H,19,23)(H,20,24)(H,21,22)/t14-/m1/s1. The summed E-state index contributed by atoms with van der Waals surface area (Å²) in [5.41, 5.74) is 0.159. The number of fused-ring (bicyclic) bond motifs is 1. The minimum atomic E-state index is -0.643. The van der Waals surface area contributed by atoms with E-state index in [9.17, 15) is 14.4 Å². The van der Waals surface area contributed by atoms with Crippen molar-refractivity contribution in [3.8, 4) is 6.07 Å². The number of para-hydroxylation sites is 1. The zero-order valence-electron chi connectivity index (χ0n) is 13.4. The van der Waals surface area contributed by atoms with Crippen molar-refractivity contribution < 1.29 is 9.59 Å². The maximum Gasteiger partial charge on any atom is 0.257 e. The maximum absolute atomic E-state index is 12.3. The summed E-state index contributed by atoms with van der Waals surface area (Å²) in [7, 11) is 0. The van der Waals surface area contributed by atoms with Crippen molar-refractivity contribution in [3.05, 3.63) is 46.2 Å². The molecule has 3 N–H and O–H groups in total. The lowest BCUT2D eigenvalue weighted by atomic mass is 10.1. The summed E-state index contributed by atoms with van der Waals surface area (Å²) >= 11 is 0. The first-order valence-corrected chi connectivity index (χ1v) is 7.51. The Hall–Kier alpha value is -3.14. The molecule has 1 heterocycles. The van der Waals surface area contributed by atoms with Gasteiger partial charge in [-0.05, 0) is 18.1 Å². The van der Waals surface area contributed by atoms with Crippen molar-refractivity contribution in [3.63, 3.8) is 0 Å². The Bertz CT molecular complexity index is 864. The van der Waals surface area contributed by atoms with Crippen LogP contribution < -0.4 is 16.1 Å². The van der Waals surface area contributed by atoms with E-state index in [2.05, 4.69) is 15.6 Å². The van der Waals surface area contributed by atoms with Gasteiger partial charge in [-0.25, -0.2) is 0 Å². The van der Waals surface area contributed by atoms with Crippen LogP contribution in [-0.2, 0) is 4.79 Å². The molecule has 0 spiro atoms. The summed E-state index contributed by atoms with van der Waals surface area (Å²) in [6, 6.07) is 8.20. The Morgan fingerprint density at radius 2 is 2.00 bits per heavy atom. The van der Waals surface area contributed by atoms with Gasteiger partial charge in [-0.3, -0.25) is 14.4 Å². The minimum Gasteiger partial charge on any atom is -0.360 e. The van der Waals surface area contributed by atoms with Crippen molar-refractivity contribution in [1.82, 2.24) is 15.6 Å². The van der Waals surface area contributed by atoms with E-state index in [-0.39, 0.29) is 18.0 Å². The number of aromatic amines is 1. The Kier molecular flexibility index (Phi) is 5.32. The lowest BCUT2D eigenvalue weighted by Gasteiger charge is -2.15. The van der Waals surface area contributed by atoms with Crippen LogP contribution in [0.3, 0.4) is 0 Å². The third-order valence-electron chi connectivity index (χ3n) is 3.56. The fraction of sp³-hybridized carbons (Fsp3) is 0.294. The topological polar surface area (TPSA) is 115 Å². The summed E-state index contributed by atoms with van der Waals surface area (Å²) in [5, 5.41) is 14.3. The average molecular weight is 326 g/mol. The molecule has 1 aromatic carbocycles. The van der Waals surface area contributed by atoms with Crippen molar-refractivity contribution >= 4 is 22.7 Å². The molecule has 0 saturated heterocycles. The van der Waals surface area contributed by atoms with E-state index in [1.165, 1.54) is 6.20 Å². The molecule has 2 amide bonds. The van der Waals surface area contributed by atoms with Crippen LogP contribution >= 0.6 is 0 Å². The number of rotatable bonds is 5. The number of H-pyrrole nitrogens is 1. The van der Waals surface area contributed by atoms with Gasteiger partial charge in [0.25, 0.3) is 5.91 Å². The largest absolute Gasteiger partial charge is 0.360 e. The van der Waals surface area contributed by atoms with Gasteiger partial charge in [0.15, 0.2) is 0 Å². The highest BCUT2D eigenvalue weighted by Gasteiger charge is 2.17. The second kappa shape index (κ2) is 7.42. The van der Waals surface area contributed by atoms with Gasteiger partial charge in [-0.15, -0.1) is 0 Å². The van der Waals surface area contributed by atoms with E-state index in [0.29, 0.717) is 10.9 Å².